The summed E-state index contributed by atoms with van der Waals surface area (Å²) in [4.78, 5) is 7.95. The maximum Gasteiger partial charge on any atom is 0.221 e. The highest BCUT2D eigenvalue weighted by Gasteiger charge is 2.09. The molecule has 0 spiro atoms. The number of anilines is 2. The third-order valence-electron chi connectivity index (χ3n) is 2.43. The van der Waals surface area contributed by atoms with E-state index in [2.05, 4.69) is 9.97 Å². The Balaban J connectivity index is 2.47. The highest BCUT2D eigenvalue weighted by molar-refractivity contribution is 7.90. The Bertz CT molecular complexity index is 681. The van der Waals surface area contributed by atoms with Gasteiger partial charge in [0.15, 0.2) is 9.84 Å². The van der Waals surface area contributed by atoms with Crippen LogP contribution in [0.3, 0.4) is 0 Å². The van der Waals surface area contributed by atoms with Crippen molar-refractivity contribution in [2.24, 2.45) is 0 Å². The number of rotatable bonds is 2. The smallest absolute Gasteiger partial charge is 0.221 e. The predicted molar refractivity (Wildman–Crippen MR) is 69.4 cm³/mol. The highest BCUT2D eigenvalue weighted by atomic mass is 32.2. The van der Waals surface area contributed by atoms with Gasteiger partial charge in [-0.3, -0.25) is 0 Å². The average molecular weight is 264 g/mol. The standard InChI is InChI=1S/C11H12N4O2S/c1-18(16,17)8-4-2-7(3-5-8)9-6-14-11(13)15-10(9)12/h2-6H,1H3,(H4,12,13,14,15). The molecule has 0 bridgehead atoms. The summed E-state index contributed by atoms with van der Waals surface area (Å²) in [5.41, 5.74) is 12.5. The summed E-state index contributed by atoms with van der Waals surface area (Å²) in [6.45, 7) is 0. The molecule has 1 aromatic heterocycles. The molecule has 0 saturated carbocycles. The van der Waals surface area contributed by atoms with Crippen molar-refractivity contribution < 1.29 is 8.42 Å². The second-order valence-electron chi connectivity index (χ2n) is 3.82. The van der Waals surface area contributed by atoms with Crippen molar-refractivity contribution in [3.05, 3.63) is 30.5 Å². The van der Waals surface area contributed by atoms with Crippen molar-refractivity contribution in [3.8, 4) is 11.1 Å². The van der Waals surface area contributed by atoms with Crippen LogP contribution in [0.4, 0.5) is 11.8 Å². The molecule has 0 amide bonds. The summed E-state index contributed by atoms with van der Waals surface area (Å²) in [6.07, 6.45) is 2.66. The van der Waals surface area contributed by atoms with Crippen LogP contribution in [0.15, 0.2) is 35.4 Å². The van der Waals surface area contributed by atoms with Gasteiger partial charge in [0, 0.05) is 18.0 Å². The Labute approximate surface area is 105 Å². The fourth-order valence-electron chi connectivity index (χ4n) is 1.51. The quantitative estimate of drug-likeness (QED) is 0.826. The van der Waals surface area contributed by atoms with E-state index in [-0.39, 0.29) is 16.7 Å². The van der Waals surface area contributed by atoms with Crippen molar-refractivity contribution in [2.45, 2.75) is 4.90 Å². The van der Waals surface area contributed by atoms with Crippen molar-refractivity contribution in [1.82, 2.24) is 9.97 Å². The lowest BCUT2D eigenvalue weighted by Crippen LogP contribution is -2.01. The van der Waals surface area contributed by atoms with Crippen molar-refractivity contribution in [2.75, 3.05) is 17.7 Å². The number of nitrogens with zero attached hydrogens (tertiary/aromatic N) is 2. The molecule has 0 aliphatic carbocycles. The van der Waals surface area contributed by atoms with Gasteiger partial charge in [0.1, 0.15) is 5.82 Å². The van der Waals surface area contributed by atoms with Gasteiger partial charge in [-0.05, 0) is 17.7 Å². The lowest BCUT2D eigenvalue weighted by molar-refractivity contribution is 0.602. The number of nitrogens with two attached hydrogens (primary N) is 2. The summed E-state index contributed by atoms with van der Waals surface area (Å²) in [5, 5.41) is 0. The fraction of sp³-hybridized carbons (Fsp3) is 0.0909. The molecule has 0 fully saturated rings. The molecule has 0 radical (unpaired) electrons. The lowest BCUT2D eigenvalue weighted by atomic mass is 10.1. The first-order chi connectivity index (χ1) is 8.38. The summed E-state index contributed by atoms with van der Waals surface area (Å²) in [5.74, 6) is 0.360. The zero-order valence-electron chi connectivity index (χ0n) is 9.66. The van der Waals surface area contributed by atoms with Gasteiger partial charge in [-0.25, -0.2) is 13.4 Å². The summed E-state index contributed by atoms with van der Waals surface area (Å²) in [7, 11) is -3.20. The van der Waals surface area contributed by atoms with Crippen LogP contribution in [0, 0.1) is 0 Å². The fourth-order valence-corrected chi connectivity index (χ4v) is 2.14. The zero-order valence-corrected chi connectivity index (χ0v) is 10.5. The van der Waals surface area contributed by atoms with Gasteiger partial charge < -0.3 is 11.5 Å². The number of sulfone groups is 1. The predicted octanol–water partition coefficient (Wildman–Crippen LogP) is 0.712. The van der Waals surface area contributed by atoms with Crippen LogP contribution in [0.2, 0.25) is 0 Å². The Hall–Kier alpha value is -2.15. The van der Waals surface area contributed by atoms with E-state index in [0.29, 0.717) is 5.56 Å². The van der Waals surface area contributed by atoms with Gasteiger partial charge in [0.25, 0.3) is 0 Å². The molecule has 0 aliphatic rings. The Kier molecular flexibility index (Phi) is 2.92. The lowest BCUT2D eigenvalue weighted by Gasteiger charge is -2.05. The largest absolute Gasteiger partial charge is 0.383 e. The minimum Gasteiger partial charge on any atom is -0.383 e. The second-order valence-corrected chi connectivity index (χ2v) is 5.84. The summed E-state index contributed by atoms with van der Waals surface area (Å²) in [6, 6.07) is 6.34. The monoisotopic (exact) mass is 264 g/mol. The van der Waals surface area contributed by atoms with E-state index < -0.39 is 9.84 Å². The number of hydrogen-bond donors (Lipinski definition) is 2. The van der Waals surface area contributed by atoms with E-state index >= 15 is 0 Å². The number of hydrogen-bond acceptors (Lipinski definition) is 6. The molecular formula is C11H12N4O2S. The number of aromatic nitrogens is 2. The topological polar surface area (TPSA) is 112 Å². The Morgan fingerprint density at radius 3 is 2.22 bits per heavy atom. The molecule has 94 valence electrons. The van der Waals surface area contributed by atoms with Crippen LogP contribution in [0.25, 0.3) is 11.1 Å². The van der Waals surface area contributed by atoms with E-state index in [4.69, 9.17) is 11.5 Å². The van der Waals surface area contributed by atoms with Gasteiger partial charge >= 0.3 is 0 Å². The molecule has 6 nitrogen and oxygen atoms in total. The van der Waals surface area contributed by atoms with Gasteiger partial charge in [-0.15, -0.1) is 0 Å². The van der Waals surface area contributed by atoms with Crippen LogP contribution in [0.5, 0.6) is 0 Å². The van der Waals surface area contributed by atoms with Crippen LogP contribution >= 0.6 is 0 Å². The SMILES string of the molecule is CS(=O)(=O)c1ccc(-c2cnc(N)nc2N)cc1. The second kappa shape index (κ2) is 4.26. The van der Waals surface area contributed by atoms with Gasteiger partial charge in [-0.1, -0.05) is 12.1 Å². The first kappa shape index (κ1) is 12.3. The highest BCUT2D eigenvalue weighted by Crippen LogP contribution is 2.25. The maximum absolute atomic E-state index is 11.3. The molecule has 0 saturated heterocycles. The van der Waals surface area contributed by atoms with Crippen molar-refractivity contribution in [3.63, 3.8) is 0 Å². The number of benzene rings is 1. The average Bonchev–Trinajstić information content (AvgIpc) is 2.28. The molecule has 0 unspecified atom stereocenters. The third kappa shape index (κ3) is 2.40. The van der Waals surface area contributed by atoms with Gasteiger partial charge in [0.2, 0.25) is 5.95 Å². The Morgan fingerprint density at radius 1 is 1.11 bits per heavy atom. The van der Waals surface area contributed by atoms with E-state index in [1.54, 1.807) is 12.1 Å². The van der Waals surface area contributed by atoms with Crippen molar-refractivity contribution >= 4 is 21.6 Å². The van der Waals surface area contributed by atoms with Crippen LogP contribution in [0.1, 0.15) is 0 Å². The molecular weight excluding hydrogens is 252 g/mol. The Morgan fingerprint density at radius 2 is 1.72 bits per heavy atom. The first-order valence-corrected chi connectivity index (χ1v) is 6.95. The third-order valence-corrected chi connectivity index (χ3v) is 3.56. The minimum atomic E-state index is -3.20. The summed E-state index contributed by atoms with van der Waals surface area (Å²) < 4.78 is 22.7. The molecule has 1 heterocycles. The molecule has 2 aromatic rings. The molecule has 1 aromatic carbocycles. The minimum absolute atomic E-state index is 0.101. The van der Waals surface area contributed by atoms with Crippen LogP contribution in [-0.2, 0) is 9.84 Å². The molecule has 0 atom stereocenters. The van der Waals surface area contributed by atoms with Crippen LogP contribution in [-0.4, -0.2) is 24.6 Å². The maximum atomic E-state index is 11.3. The van der Waals surface area contributed by atoms with E-state index in [1.165, 1.54) is 18.3 Å². The normalized spacial score (nSPS) is 11.4. The molecule has 4 N–H and O–H groups in total. The van der Waals surface area contributed by atoms with E-state index in [1.807, 2.05) is 0 Å². The molecule has 18 heavy (non-hydrogen) atoms. The van der Waals surface area contributed by atoms with Crippen LogP contribution < -0.4 is 11.5 Å². The molecule has 2 rings (SSSR count). The summed E-state index contributed by atoms with van der Waals surface area (Å²) >= 11 is 0. The molecule has 7 heteroatoms. The van der Waals surface area contributed by atoms with Crippen molar-refractivity contribution in [1.29, 1.82) is 0 Å². The van der Waals surface area contributed by atoms with E-state index in [9.17, 15) is 8.42 Å². The zero-order chi connectivity index (χ0) is 13.3. The molecule has 0 aliphatic heterocycles. The number of nitrogen functional groups attached to an aromatic ring is 2. The first-order valence-electron chi connectivity index (χ1n) is 5.06. The van der Waals surface area contributed by atoms with Gasteiger partial charge in [0.05, 0.1) is 4.90 Å². The van der Waals surface area contributed by atoms with Gasteiger partial charge in [-0.2, -0.15) is 4.98 Å². The van der Waals surface area contributed by atoms with E-state index in [0.717, 1.165) is 11.8 Å².